The molecule has 1 unspecified atom stereocenters. The molecule has 3 aromatic carbocycles. The molecule has 0 spiro atoms. The first-order chi connectivity index (χ1) is 23.4. The first kappa shape index (κ1) is 36.3. The average Bonchev–Trinajstić information content (AvgIpc) is 3.58. The Bertz CT molecular complexity index is 1750. The highest BCUT2D eigenvalue weighted by molar-refractivity contribution is 7.88. The predicted molar refractivity (Wildman–Crippen MR) is 187 cm³/mol. The molecule has 1 aliphatic heterocycles. The first-order valence-electron chi connectivity index (χ1n) is 16.6. The van der Waals surface area contributed by atoms with Crippen LogP contribution in [0.3, 0.4) is 0 Å². The van der Waals surface area contributed by atoms with Gasteiger partial charge in [-0.25, -0.2) is 17.7 Å². The van der Waals surface area contributed by atoms with E-state index in [1.165, 1.54) is 41.3 Å². The predicted octanol–water partition coefficient (Wildman–Crippen LogP) is 4.80. The Labute approximate surface area is 287 Å². The number of likely N-dealkylation sites (tertiary alicyclic amines) is 1. The van der Waals surface area contributed by atoms with Crippen molar-refractivity contribution in [1.29, 1.82) is 5.41 Å². The van der Waals surface area contributed by atoms with E-state index in [1.54, 1.807) is 48.5 Å². The van der Waals surface area contributed by atoms with Crippen molar-refractivity contribution in [1.82, 2.24) is 14.9 Å². The van der Waals surface area contributed by atoms with Gasteiger partial charge in [0.15, 0.2) is 5.78 Å². The lowest BCUT2D eigenvalue weighted by molar-refractivity contribution is -0.140. The van der Waals surface area contributed by atoms with E-state index in [4.69, 9.17) is 15.7 Å². The van der Waals surface area contributed by atoms with E-state index in [9.17, 15) is 27.5 Å². The van der Waals surface area contributed by atoms with Gasteiger partial charge in [0, 0.05) is 12.1 Å². The lowest BCUT2D eigenvalue weighted by atomic mass is 9.84. The largest absolute Gasteiger partial charge is 0.423 e. The molecule has 14 heteroatoms. The van der Waals surface area contributed by atoms with E-state index in [2.05, 4.69) is 10.0 Å². The summed E-state index contributed by atoms with van der Waals surface area (Å²) in [5.41, 5.74) is 6.81. The lowest BCUT2D eigenvalue weighted by Crippen LogP contribution is -2.54. The van der Waals surface area contributed by atoms with Crippen LogP contribution in [0.1, 0.15) is 73.8 Å². The van der Waals surface area contributed by atoms with Gasteiger partial charge in [-0.3, -0.25) is 15.0 Å². The van der Waals surface area contributed by atoms with Crippen LogP contribution in [0.2, 0.25) is 0 Å². The molecule has 0 bridgehead atoms. The Balaban J connectivity index is 1.38. The number of carbonyl (C=O) groups is 2. The third-order valence-electron chi connectivity index (χ3n) is 9.07. The van der Waals surface area contributed by atoms with Gasteiger partial charge in [-0.1, -0.05) is 105 Å². The number of sulfonamides is 1. The van der Waals surface area contributed by atoms with Gasteiger partial charge < -0.3 is 25.4 Å². The molecule has 2 fully saturated rings. The number of rotatable bonds is 14. The number of nitrogens with one attached hydrogen (secondary N) is 3. The number of amidine groups is 1. The van der Waals surface area contributed by atoms with E-state index < -0.39 is 47.3 Å². The van der Waals surface area contributed by atoms with Crippen LogP contribution in [0.15, 0.2) is 84.9 Å². The van der Waals surface area contributed by atoms with E-state index in [0.29, 0.717) is 24.0 Å². The highest BCUT2D eigenvalue weighted by Crippen LogP contribution is 2.55. The number of hydrogen-bond acceptors (Lipinski definition) is 7. The molecule has 1 saturated heterocycles. The minimum Gasteiger partial charge on any atom is -0.423 e. The monoisotopic (exact) mass is 709 g/mol. The first-order valence-corrected chi connectivity index (χ1v) is 19.9. The zero-order chi connectivity index (χ0) is 35.0. The summed E-state index contributed by atoms with van der Waals surface area (Å²) in [5, 5.41) is 10.4. The van der Waals surface area contributed by atoms with Crippen molar-refractivity contribution in [3.8, 4) is 5.75 Å². The summed E-state index contributed by atoms with van der Waals surface area (Å²) < 4.78 is 48.7. The average molecular weight is 710 g/mol. The second-order valence-corrected chi connectivity index (χ2v) is 16.3. The van der Waals surface area contributed by atoms with Crippen LogP contribution in [0.25, 0.3) is 0 Å². The van der Waals surface area contributed by atoms with Crippen molar-refractivity contribution in [2.75, 3.05) is 6.54 Å². The summed E-state index contributed by atoms with van der Waals surface area (Å²) in [4.78, 5) is 40.8. The topological polar surface area (TPSA) is 192 Å². The van der Waals surface area contributed by atoms with E-state index in [0.717, 1.165) is 32.1 Å². The molecular formula is C35H44N5O7PS. The Kier molecular flexibility index (Phi) is 11.9. The van der Waals surface area contributed by atoms with Gasteiger partial charge in [0.1, 0.15) is 23.7 Å². The zero-order valence-corrected chi connectivity index (χ0v) is 29.0. The van der Waals surface area contributed by atoms with Crippen molar-refractivity contribution in [3.63, 3.8) is 0 Å². The van der Waals surface area contributed by atoms with Crippen LogP contribution in [-0.4, -0.2) is 54.5 Å². The van der Waals surface area contributed by atoms with E-state index >= 15 is 0 Å². The molecule has 1 saturated carbocycles. The van der Waals surface area contributed by atoms with Crippen LogP contribution in [0.5, 0.6) is 5.75 Å². The fourth-order valence-electron chi connectivity index (χ4n) is 6.63. The summed E-state index contributed by atoms with van der Waals surface area (Å²) in [6.07, 6.45) is 6.01. The SMILES string of the molecule is N=C(N)c1ccc([C@H](NC(=O)[C@@H]2CCCN2C(=O)[C@@H](CC2CCCCC2)NS(=O)(=O)Cc2ccccc2)P(=O)(O)Oc2ccccc2)cc1. The Morgan fingerprint density at radius 3 is 2.20 bits per heavy atom. The molecular weight excluding hydrogens is 665 g/mol. The summed E-state index contributed by atoms with van der Waals surface area (Å²) in [7, 11) is -8.56. The van der Waals surface area contributed by atoms with Crippen molar-refractivity contribution >= 4 is 35.3 Å². The molecule has 1 aliphatic carbocycles. The van der Waals surface area contributed by atoms with Gasteiger partial charge in [0.05, 0.1) is 5.75 Å². The fourth-order valence-corrected chi connectivity index (χ4v) is 9.34. The fraction of sp³-hybridized carbons (Fsp3) is 0.400. The third kappa shape index (κ3) is 9.78. The van der Waals surface area contributed by atoms with Gasteiger partial charge in [0.25, 0.3) is 0 Å². The maximum Gasteiger partial charge on any atom is 0.403 e. The van der Waals surface area contributed by atoms with Gasteiger partial charge in [0.2, 0.25) is 21.8 Å². The molecule has 262 valence electrons. The number of benzene rings is 3. The highest BCUT2D eigenvalue weighted by Gasteiger charge is 2.43. The normalized spacial score (nSPS) is 19.4. The second kappa shape index (κ2) is 16.1. The van der Waals surface area contributed by atoms with Gasteiger partial charge in [-0.2, -0.15) is 0 Å². The molecule has 6 N–H and O–H groups in total. The summed E-state index contributed by atoms with van der Waals surface area (Å²) in [5.74, 6) is -2.88. The van der Waals surface area contributed by atoms with Crippen LogP contribution in [-0.2, 0) is 29.9 Å². The number of hydrogen-bond donors (Lipinski definition) is 5. The number of amides is 2. The Morgan fingerprint density at radius 2 is 1.57 bits per heavy atom. The molecule has 5 rings (SSSR count). The van der Waals surface area contributed by atoms with E-state index in [-0.39, 0.29) is 41.8 Å². The molecule has 49 heavy (non-hydrogen) atoms. The van der Waals surface area contributed by atoms with Crippen LogP contribution in [0.4, 0.5) is 0 Å². The van der Waals surface area contributed by atoms with Gasteiger partial charge in [-0.15, -0.1) is 0 Å². The van der Waals surface area contributed by atoms with Crippen LogP contribution in [0, 0.1) is 11.3 Å². The standard InChI is InChI=1S/C35H44N5O7PS/c36-32(37)27-18-20-28(21-19-27)34(48(43,44)47-29-15-8-3-9-16-29)38-33(41)31-17-10-22-40(31)35(42)30(23-25-11-4-1-5-12-25)39-49(45,46)24-26-13-6-2-7-14-26/h2-3,6-9,13-16,18-21,25,30-31,34,39H,1,4-5,10-12,17,22-24H2,(H3,36,37)(H,38,41)(H,43,44)/t30-,31+,34-/m1/s1. The summed E-state index contributed by atoms with van der Waals surface area (Å²) in [6, 6.07) is 20.7. The van der Waals surface area contributed by atoms with Crippen molar-refractivity contribution in [3.05, 3.63) is 102 Å². The summed E-state index contributed by atoms with van der Waals surface area (Å²) >= 11 is 0. The molecule has 1 heterocycles. The number of nitrogens with zero attached hydrogens (tertiary/aromatic N) is 1. The number of para-hydroxylation sites is 1. The molecule has 0 radical (unpaired) electrons. The minimum absolute atomic E-state index is 0.124. The van der Waals surface area contributed by atoms with Crippen molar-refractivity contribution < 1.29 is 32.0 Å². The van der Waals surface area contributed by atoms with Crippen LogP contribution >= 0.6 is 7.60 Å². The number of nitrogen functional groups attached to an aromatic ring is 1. The number of carbonyl (C=O) groups excluding carboxylic acids is 2. The van der Waals surface area contributed by atoms with Crippen LogP contribution < -0.4 is 20.3 Å². The molecule has 0 aromatic heterocycles. The number of nitrogens with two attached hydrogens (primary N) is 1. The van der Waals surface area contributed by atoms with Crippen molar-refractivity contribution in [2.24, 2.45) is 11.7 Å². The molecule has 12 nitrogen and oxygen atoms in total. The second-order valence-electron chi connectivity index (χ2n) is 12.8. The lowest BCUT2D eigenvalue weighted by Gasteiger charge is -2.32. The smallest absolute Gasteiger partial charge is 0.403 e. The zero-order valence-electron chi connectivity index (χ0n) is 27.2. The van der Waals surface area contributed by atoms with Gasteiger partial charge in [-0.05, 0) is 48.4 Å². The minimum atomic E-state index is -4.64. The highest BCUT2D eigenvalue weighted by atomic mass is 32.2. The summed E-state index contributed by atoms with van der Waals surface area (Å²) in [6.45, 7) is 0.230. The Hall–Kier alpha value is -4.03. The quantitative estimate of drug-likeness (QED) is 0.0896. The Morgan fingerprint density at radius 1 is 0.939 bits per heavy atom. The van der Waals surface area contributed by atoms with Gasteiger partial charge >= 0.3 is 7.60 Å². The molecule has 2 aliphatic rings. The molecule has 3 aromatic rings. The van der Waals surface area contributed by atoms with E-state index in [1.807, 2.05) is 0 Å². The molecule has 2 amide bonds. The maximum atomic E-state index is 14.2. The third-order valence-corrected chi connectivity index (χ3v) is 12.0. The van der Waals surface area contributed by atoms with Crippen molar-refractivity contribution in [2.45, 2.75) is 75.0 Å². The molecule has 4 atom stereocenters. The maximum absolute atomic E-state index is 14.2.